The lowest BCUT2D eigenvalue weighted by Crippen LogP contribution is -2.74. The molecule has 3 aliphatic rings. The van der Waals surface area contributed by atoms with Crippen LogP contribution in [0.2, 0.25) is 0 Å². The van der Waals surface area contributed by atoms with Crippen LogP contribution in [0.25, 0.3) is 0 Å². The van der Waals surface area contributed by atoms with Gasteiger partial charge >= 0.3 is 0 Å². The number of carbonyl (C=O) groups excluding carboxylic acids is 2. The number of likely N-dealkylation sites (tertiary alicyclic amines) is 1. The Kier molecular flexibility index (Phi) is 3.68. The zero-order chi connectivity index (χ0) is 16.1. The number of likely N-dealkylation sites (N-methyl/N-ethyl adjacent to an activating group) is 2. The summed E-state index contributed by atoms with van der Waals surface area (Å²) in [6.45, 7) is 1.74. The van der Waals surface area contributed by atoms with Gasteiger partial charge in [-0.25, -0.2) is 4.39 Å². The number of morpholine rings is 1. The molecule has 2 heterocycles. The first-order valence-corrected chi connectivity index (χ1v) is 7.80. The predicted molar refractivity (Wildman–Crippen MR) is 78.1 cm³/mol. The molecule has 0 aromatic heterocycles. The normalized spacial score (nSPS) is 29.6. The standard InChI is InChI=1S/C15H24FN3O3/c1-17(2)12(20)11-7-22-14(8-18(11)3)9-19(10-14)13(21)15(16)5-4-6-15/h11H,4-10H2,1-3H3/t11-/m0/s1. The third kappa shape index (κ3) is 2.40. The summed E-state index contributed by atoms with van der Waals surface area (Å²) in [5, 5.41) is 0. The fourth-order valence-corrected chi connectivity index (χ4v) is 3.52. The molecule has 1 saturated carbocycles. The smallest absolute Gasteiger partial charge is 0.260 e. The topological polar surface area (TPSA) is 53.1 Å². The van der Waals surface area contributed by atoms with E-state index in [4.69, 9.17) is 4.74 Å². The molecule has 22 heavy (non-hydrogen) atoms. The van der Waals surface area contributed by atoms with E-state index >= 15 is 0 Å². The maximum atomic E-state index is 14.2. The molecule has 1 aliphatic carbocycles. The van der Waals surface area contributed by atoms with Gasteiger partial charge in [-0.2, -0.15) is 0 Å². The van der Waals surface area contributed by atoms with Gasteiger partial charge in [0.15, 0.2) is 5.67 Å². The van der Waals surface area contributed by atoms with Crippen molar-refractivity contribution in [3.8, 4) is 0 Å². The van der Waals surface area contributed by atoms with Crippen LogP contribution in [0.3, 0.4) is 0 Å². The Hall–Kier alpha value is -1.21. The van der Waals surface area contributed by atoms with Gasteiger partial charge in [-0.1, -0.05) is 0 Å². The maximum absolute atomic E-state index is 14.2. The quantitative estimate of drug-likeness (QED) is 0.713. The second kappa shape index (κ2) is 5.16. The summed E-state index contributed by atoms with van der Waals surface area (Å²) in [5.41, 5.74) is -2.07. The minimum Gasteiger partial charge on any atom is -0.368 e. The first kappa shape index (κ1) is 15.7. The number of ether oxygens (including phenoxy) is 1. The predicted octanol–water partition coefficient (Wildman–Crippen LogP) is -0.122. The molecule has 6 nitrogen and oxygen atoms in total. The number of amides is 2. The molecule has 2 amide bonds. The van der Waals surface area contributed by atoms with Crippen molar-refractivity contribution < 1.29 is 18.7 Å². The van der Waals surface area contributed by atoms with Gasteiger partial charge in [0.25, 0.3) is 5.91 Å². The van der Waals surface area contributed by atoms with Crippen LogP contribution in [-0.2, 0) is 14.3 Å². The summed E-state index contributed by atoms with van der Waals surface area (Å²) in [6, 6.07) is -0.287. The van der Waals surface area contributed by atoms with Crippen LogP contribution in [0.5, 0.6) is 0 Å². The van der Waals surface area contributed by atoms with E-state index in [1.54, 1.807) is 23.9 Å². The minimum atomic E-state index is -1.63. The van der Waals surface area contributed by atoms with Crippen molar-refractivity contribution in [2.75, 3.05) is 47.4 Å². The molecule has 0 bridgehead atoms. The summed E-state index contributed by atoms with van der Waals surface area (Å²) in [5.74, 6) is -0.371. The van der Waals surface area contributed by atoms with E-state index in [0.717, 1.165) is 6.42 Å². The SMILES string of the molecule is CN(C)C(=O)[C@@H]1COC2(CN(C(=O)C3(F)CCC3)C2)CN1C. The Morgan fingerprint density at radius 1 is 1.23 bits per heavy atom. The van der Waals surface area contributed by atoms with Crippen LogP contribution in [0.4, 0.5) is 4.39 Å². The van der Waals surface area contributed by atoms with Crippen molar-refractivity contribution in [1.29, 1.82) is 0 Å². The third-order valence-electron chi connectivity index (χ3n) is 5.12. The zero-order valence-corrected chi connectivity index (χ0v) is 13.5. The second-order valence-electron chi connectivity index (χ2n) is 7.14. The number of halogens is 1. The lowest BCUT2D eigenvalue weighted by Gasteiger charge is -2.56. The van der Waals surface area contributed by atoms with Gasteiger partial charge in [0.05, 0.1) is 19.7 Å². The van der Waals surface area contributed by atoms with E-state index in [1.165, 1.54) is 0 Å². The highest BCUT2D eigenvalue weighted by Gasteiger charge is 2.56. The van der Waals surface area contributed by atoms with E-state index in [1.807, 2.05) is 11.9 Å². The van der Waals surface area contributed by atoms with Crippen molar-refractivity contribution in [2.24, 2.45) is 0 Å². The van der Waals surface area contributed by atoms with Crippen LogP contribution in [0, 0.1) is 0 Å². The zero-order valence-electron chi connectivity index (χ0n) is 13.5. The van der Waals surface area contributed by atoms with Crippen LogP contribution in [-0.4, -0.2) is 91.2 Å². The van der Waals surface area contributed by atoms with Crippen molar-refractivity contribution in [3.05, 3.63) is 0 Å². The Bertz CT molecular complexity index is 486. The van der Waals surface area contributed by atoms with E-state index in [-0.39, 0.29) is 17.9 Å². The van der Waals surface area contributed by atoms with Crippen molar-refractivity contribution >= 4 is 11.8 Å². The van der Waals surface area contributed by atoms with Crippen LogP contribution >= 0.6 is 0 Å². The fraction of sp³-hybridized carbons (Fsp3) is 0.867. The molecule has 2 aliphatic heterocycles. The molecule has 0 N–H and O–H groups in total. The first-order valence-electron chi connectivity index (χ1n) is 7.80. The lowest BCUT2D eigenvalue weighted by atomic mass is 9.79. The Balaban J connectivity index is 1.56. The number of hydrogen-bond donors (Lipinski definition) is 0. The lowest BCUT2D eigenvalue weighted by molar-refractivity contribution is -0.209. The third-order valence-corrected chi connectivity index (χ3v) is 5.12. The van der Waals surface area contributed by atoms with E-state index < -0.39 is 11.3 Å². The molecule has 0 aromatic carbocycles. The number of carbonyl (C=O) groups is 2. The fourth-order valence-electron chi connectivity index (χ4n) is 3.52. The molecule has 1 atom stereocenters. The van der Waals surface area contributed by atoms with Crippen LogP contribution in [0.15, 0.2) is 0 Å². The number of nitrogens with zero attached hydrogens (tertiary/aromatic N) is 3. The maximum Gasteiger partial charge on any atom is 0.260 e. The molecular weight excluding hydrogens is 289 g/mol. The number of hydrogen-bond acceptors (Lipinski definition) is 4. The Labute approximate surface area is 130 Å². The molecule has 0 radical (unpaired) electrons. The Morgan fingerprint density at radius 2 is 1.86 bits per heavy atom. The molecule has 124 valence electrons. The minimum absolute atomic E-state index is 0.0155. The average molecular weight is 313 g/mol. The molecule has 7 heteroatoms. The van der Waals surface area contributed by atoms with Gasteiger partial charge < -0.3 is 14.5 Å². The van der Waals surface area contributed by atoms with Crippen molar-refractivity contribution in [2.45, 2.75) is 36.6 Å². The van der Waals surface area contributed by atoms with Crippen molar-refractivity contribution in [3.63, 3.8) is 0 Å². The summed E-state index contributed by atoms with van der Waals surface area (Å²) >= 11 is 0. The molecule has 0 aromatic rings. The van der Waals surface area contributed by atoms with Gasteiger partial charge in [0, 0.05) is 20.6 Å². The van der Waals surface area contributed by atoms with Gasteiger partial charge in [-0.3, -0.25) is 14.5 Å². The van der Waals surface area contributed by atoms with Gasteiger partial charge in [-0.05, 0) is 26.3 Å². The van der Waals surface area contributed by atoms with Crippen LogP contribution in [0.1, 0.15) is 19.3 Å². The van der Waals surface area contributed by atoms with Crippen LogP contribution < -0.4 is 0 Å². The van der Waals surface area contributed by atoms with Crippen molar-refractivity contribution in [1.82, 2.24) is 14.7 Å². The Morgan fingerprint density at radius 3 is 2.32 bits per heavy atom. The molecule has 3 fully saturated rings. The summed E-state index contributed by atoms with van der Waals surface area (Å²) < 4.78 is 20.1. The monoisotopic (exact) mass is 313 g/mol. The summed E-state index contributed by atoms with van der Waals surface area (Å²) in [6.07, 6.45) is 1.47. The van der Waals surface area contributed by atoms with E-state index in [0.29, 0.717) is 39.1 Å². The molecule has 1 spiro atoms. The largest absolute Gasteiger partial charge is 0.368 e. The average Bonchev–Trinajstić information content (AvgIpc) is 2.40. The molecule has 2 saturated heterocycles. The summed E-state index contributed by atoms with van der Waals surface area (Å²) in [4.78, 5) is 29.3. The highest BCUT2D eigenvalue weighted by molar-refractivity contribution is 5.87. The van der Waals surface area contributed by atoms with E-state index in [2.05, 4.69) is 0 Å². The molecule has 0 unspecified atom stereocenters. The first-order chi connectivity index (χ1) is 10.3. The van der Waals surface area contributed by atoms with Gasteiger partial charge in [0.1, 0.15) is 11.6 Å². The summed E-state index contributed by atoms with van der Waals surface area (Å²) in [7, 11) is 5.34. The van der Waals surface area contributed by atoms with Gasteiger partial charge in [0.2, 0.25) is 5.91 Å². The highest BCUT2D eigenvalue weighted by Crippen LogP contribution is 2.40. The molecular formula is C15H24FN3O3. The van der Waals surface area contributed by atoms with Gasteiger partial charge in [-0.15, -0.1) is 0 Å². The number of rotatable bonds is 2. The molecule has 3 rings (SSSR count). The second-order valence-corrected chi connectivity index (χ2v) is 7.14. The number of alkyl halides is 1. The highest BCUT2D eigenvalue weighted by atomic mass is 19.1. The van der Waals surface area contributed by atoms with E-state index in [9.17, 15) is 14.0 Å².